The highest BCUT2D eigenvalue weighted by molar-refractivity contribution is 7.07. The lowest BCUT2D eigenvalue weighted by Gasteiger charge is -2.41. The predicted molar refractivity (Wildman–Crippen MR) is 106 cm³/mol. The molecule has 2 aromatic rings. The minimum atomic E-state index is 0.214. The number of hydrogen-bond donors (Lipinski definition) is 2. The fourth-order valence-corrected chi connectivity index (χ4v) is 4.75. The topological polar surface area (TPSA) is 64.5 Å². The Morgan fingerprint density at radius 3 is 3.00 bits per heavy atom. The second-order valence-corrected chi connectivity index (χ2v) is 7.90. The zero-order chi connectivity index (χ0) is 17.9. The van der Waals surface area contributed by atoms with Crippen LogP contribution >= 0.6 is 11.3 Å². The first-order valence-electron chi connectivity index (χ1n) is 9.47. The minimum Gasteiger partial charge on any atom is -0.396 e. The van der Waals surface area contributed by atoms with Crippen molar-refractivity contribution in [2.45, 2.75) is 38.3 Å². The molecule has 1 aliphatic heterocycles. The maximum atomic E-state index is 9.54. The molecule has 26 heavy (non-hydrogen) atoms. The third-order valence-electron chi connectivity index (χ3n) is 5.47. The Bertz CT molecular complexity index is 736. The minimum absolute atomic E-state index is 0.214. The Kier molecular flexibility index (Phi) is 5.38. The number of nitrogens with one attached hydrogen (secondary N) is 1. The molecule has 140 valence electrons. The average molecular weight is 374 g/mol. The lowest BCUT2D eigenvalue weighted by Crippen LogP contribution is -2.53. The Morgan fingerprint density at radius 2 is 2.23 bits per heavy atom. The molecule has 4 rings (SSSR count). The molecular weight excluding hydrogens is 346 g/mol. The number of aliphatic hydroxyl groups is 1. The van der Waals surface area contributed by atoms with Crippen molar-refractivity contribution in [3.05, 3.63) is 33.6 Å². The van der Waals surface area contributed by atoms with E-state index in [0.29, 0.717) is 6.04 Å². The molecular formula is C19H27N5OS. The number of rotatable bonds is 6. The third-order valence-corrected chi connectivity index (χ3v) is 6.21. The molecule has 1 fully saturated rings. The van der Waals surface area contributed by atoms with Crippen LogP contribution in [0, 0.1) is 0 Å². The molecule has 0 amide bonds. The monoisotopic (exact) mass is 373 g/mol. The lowest BCUT2D eigenvalue weighted by atomic mass is 10.1. The number of aliphatic hydroxyl groups excluding tert-OH is 1. The van der Waals surface area contributed by atoms with Crippen LogP contribution in [0.2, 0.25) is 0 Å². The van der Waals surface area contributed by atoms with Gasteiger partial charge >= 0.3 is 0 Å². The summed E-state index contributed by atoms with van der Waals surface area (Å²) < 4.78 is 0. The van der Waals surface area contributed by atoms with Gasteiger partial charge in [-0.3, -0.25) is 4.90 Å². The molecule has 1 aliphatic carbocycles. The summed E-state index contributed by atoms with van der Waals surface area (Å²) in [5.74, 6) is 1.83. The highest BCUT2D eigenvalue weighted by atomic mass is 32.1. The number of piperazine rings is 1. The molecule has 0 bridgehead atoms. The largest absolute Gasteiger partial charge is 0.396 e. The predicted octanol–water partition coefficient (Wildman–Crippen LogP) is 2.14. The SMILES string of the molecule is CNc1nc(N2CCN(Cc3ccsc3)[C@H](CCO)C2)nc2c1CCC2. The second kappa shape index (κ2) is 7.90. The van der Waals surface area contributed by atoms with E-state index in [1.165, 1.54) is 23.2 Å². The third kappa shape index (κ3) is 3.56. The van der Waals surface area contributed by atoms with E-state index in [-0.39, 0.29) is 6.61 Å². The van der Waals surface area contributed by atoms with Crippen molar-refractivity contribution in [2.75, 3.05) is 43.5 Å². The van der Waals surface area contributed by atoms with Crippen LogP contribution in [0.3, 0.4) is 0 Å². The van der Waals surface area contributed by atoms with E-state index in [4.69, 9.17) is 9.97 Å². The summed E-state index contributed by atoms with van der Waals surface area (Å²) in [7, 11) is 1.94. The number of aryl methyl sites for hydroxylation is 1. The molecule has 0 aromatic carbocycles. The van der Waals surface area contributed by atoms with Crippen LogP contribution in [0.15, 0.2) is 16.8 Å². The van der Waals surface area contributed by atoms with Crippen molar-refractivity contribution in [3.8, 4) is 0 Å². The van der Waals surface area contributed by atoms with Gasteiger partial charge in [0, 0.05) is 51.4 Å². The van der Waals surface area contributed by atoms with Crippen molar-refractivity contribution in [3.63, 3.8) is 0 Å². The first kappa shape index (κ1) is 17.7. The van der Waals surface area contributed by atoms with Gasteiger partial charge in [0.1, 0.15) is 5.82 Å². The van der Waals surface area contributed by atoms with Crippen molar-refractivity contribution < 1.29 is 5.11 Å². The first-order chi connectivity index (χ1) is 12.8. The van der Waals surface area contributed by atoms with E-state index in [1.54, 1.807) is 11.3 Å². The molecule has 2 N–H and O–H groups in total. The number of aromatic nitrogens is 2. The summed E-state index contributed by atoms with van der Waals surface area (Å²) in [6.45, 7) is 3.93. The van der Waals surface area contributed by atoms with Gasteiger partial charge in [-0.1, -0.05) is 0 Å². The molecule has 1 saturated heterocycles. The normalized spacial score (nSPS) is 20.4. The summed E-state index contributed by atoms with van der Waals surface area (Å²) in [4.78, 5) is 14.5. The zero-order valence-electron chi connectivity index (χ0n) is 15.3. The summed E-state index contributed by atoms with van der Waals surface area (Å²) in [6, 6.07) is 2.51. The Hall–Kier alpha value is -1.70. The summed E-state index contributed by atoms with van der Waals surface area (Å²) >= 11 is 1.74. The average Bonchev–Trinajstić information content (AvgIpc) is 3.34. The maximum Gasteiger partial charge on any atom is 0.227 e. The van der Waals surface area contributed by atoms with Crippen molar-refractivity contribution >= 4 is 23.1 Å². The highest BCUT2D eigenvalue weighted by Gasteiger charge is 2.29. The lowest BCUT2D eigenvalue weighted by molar-refractivity contribution is 0.135. The number of fused-ring (bicyclic) bond motifs is 1. The van der Waals surface area contributed by atoms with E-state index in [2.05, 4.69) is 31.9 Å². The van der Waals surface area contributed by atoms with Gasteiger partial charge in [-0.15, -0.1) is 0 Å². The fourth-order valence-electron chi connectivity index (χ4n) is 4.09. The van der Waals surface area contributed by atoms with E-state index >= 15 is 0 Å². The van der Waals surface area contributed by atoms with Crippen molar-refractivity contribution in [2.24, 2.45) is 0 Å². The summed E-state index contributed by atoms with van der Waals surface area (Å²) in [5.41, 5.74) is 3.86. The van der Waals surface area contributed by atoms with Gasteiger partial charge in [0.25, 0.3) is 0 Å². The van der Waals surface area contributed by atoms with Gasteiger partial charge in [0.05, 0.1) is 5.69 Å². The van der Waals surface area contributed by atoms with Crippen LogP contribution in [0.4, 0.5) is 11.8 Å². The fraction of sp³-hybridized carbons (Fsp3) is 0.579. The Balaban J connectivity index is 1.52. The molecule has 6 nitrogen and oxygen atoms in total. The summed E-state index contributed by atoms with van der Waals surface area (Å²) in [5, 5.41) is 17.1. The van der Waals surface area contributed by atoms with Gasteiger partial charge in [-0.25, -0.2) is 4.98 Å². The summed E-state index contributed by atoms with van der Waals surface area (Å²) in [6.07, 6.45) is 4.08. The quantitative estimate of drug-likeness (QED) is 0.809. The van der Waals surface area contributed by atoms with E-state index in [9.17, 15) is 5.11 Å². The van der Waals surface area contributed by atoms with Gasteiger partial charge < -0.3 is 15.3 Å². The smallest absolute Gasteiger partial charge is 0.227 e. The van der Waals surface area contributed by atoms with Gasteiger partial charge in [0.15, 0.2) is 0 Å². The van der Waals surface area contributed by atoms with Crippen LogP contribution in [-0.4, -0.2) is 59.3 Å². The van der Waals surface area contributed by atoms with Gasteiger partial charge in [0.2, 0.25) is 5.95 Å². The molecule has 3 heterocycles. The molecule has 0 radical (unpaired) electrons. The zero-order valence-corrected chi connectivity index (χ0v) is 16.1. The first-order valence-corrected chi connectivity index (χ1v) is 10.4. The number of hydrogen-bond acceptors (Lipinski definition) is 7. The highest BCUT2D eigenvalue weighted by Crippen LogP contribution is 2.29. The number of anilines is 2. The molecule has 7 heteroatoms. The molecule has 0 spiro atoms. The van der Waals surface area contributed by atoms with Gasteiger partial charge in [-0.05, 0) is 48.1 Å². The van der Waals surface area contributed by atoms with Crippen LogP contribution < -0.4 is 10.2 Å². The Labute approximate surface area is 158 Å². The van der Waals surface area contributed by atoms with E-state index < -0.39 is 0 Å². The van der Waals surface area contributed by atoms with Gasteiger partial charge in [-0.2, -0.15) is 16.3 Å². The molecule has 2 aliphatic rings. The van der Waals surface area contributed by atoms with Crippen molar-refractivity contribution in [1.82, 2.24) is 14.9 Å². The molecule has 0 unspecified atom stereocenters. The van der Waals surface area contributed by atoms with Crippen LogP contribution in [0.1, 0.15) is 29.7 Å². The van der Waals surface area contributed by atoms with E-state index in [0.717, 1.165) is 57.2 Å². The maximum absolute atomic E-state index is 9.54. The number of nitrogens with zero attached hydrogens (tertiary/aromatic N) is 4. The van der Waals surface area contributed by atoms with Crippen molar-refractivity contribution in [1.29, 1.82) is 0 Å². The van der Waals surface area contributed by atoms with E-state index in [1.807, 2.05) is 7.05 Å². The van der Waals surface area contributed by atoms with Crippen LogP contribution in [-0.2, 0) is 19.4 Å². The molecule has 2 aromatic heterocycles. The van der Waals surface area contributed by atoms with Crippen LogP contribution in [0.25, 0.3) is 0 Å². The standard InChI is InChI=1S/C19H27N5OS/c1-20-18-16-3-2-4-17(16)21-19(22-18)24-8-7-23(15(12-24)5-9-25)11-14-6-10-26-13-14/h6,10,13,15,25H,2-5,7-9,11-12H2,1H3,(H,20,21,22)/t15-/m1/s1. The molecule has 0 saturated carbocycles. The van der Waals surface area contributed by atoms with Crippen LogP contribution in [0.5, 0.6) is 0 Å². The molecule has 1 atom stereocenters. The number of thiophene rings is 1. The second-order valence-electron chi connectivity index (χ2n) is 7.12. The Morgan fingerprint density at radius 1 is 1.31 bits per heavy atom.